The quantitative estimate of drug-likeness (QED) is 0.726. The number of nitrogens with zero attached hydrogens (tertiary/aromatic N) is 3. The molecule has 0 saturated carbocycles. The van der Waals surface area contributed by atoms with Crippen LogP contribution in [0, 0.1) is 0 Å². The maximum atomic E-state index is 6.04. The van der Waals surface area contributed by atoms with E-state index in [1.807, 2.05) is 12.1 Å². The van der Waals surface area contributed by atoms with E-state index in [1.54, 1.807) is 30.5 Å². The van der Waals surface area contributed by atoms with E-state index in [2.05, 4.69) is 15.1 Å². The summed E-state index contributed by atoms with van der Waals surface area (Å²) in [7, 11) is 0. The highest BCUT2D eigenvalue weighted by Gasteiger charge is 2.14. The standard InChI is InChI=1S/C13H9ClN4O/c14-10-5-2-6-16-11(10)12-17-13(19-18-12)8-3-1-4-9(15)7-8/h1-7H,15H2. The van der Waals surface area contributed by atoms with Crippen LogP contribution in [0.3, 0.4) is 0 Å². The Morgan fingerprint density at radius 2 is 2.05 bits per heavy atom. The number of hydrogen-bond acceptors (Lipinski definition) is 5. The Labute approximate surface area is 114 Å². The lowest BCUT2D eigenvalue weighted by Gasteiger charge is -1.96. The van der Waals surface area contributed by atoms with Gasteiger partial charge >= 0.3 is 0 Å². The third kappa shape index (κ3) is 2.28. The molecule has 0 unspecified atom stereocenters. The van der Waals surface area contributed by atoms with Gasteiger partial charge < -0.3 is 10.3 Å². The lowest BCUT2D eigenvalue weighted by Crippen LogP contribution is -1.87. The van der Waals surface area contributed by atoms with Gasteiger partial charge in [0.1, 0.15) is 5.69 Å². The van der Waals surface area contributed by atoms with E-state index in [1.165, 1.54) is 0 Å². The van der Waals surface area contributed by atoms with Crippen molar-refractivity contribution in [3.63, 3.8) is 0 Å². The number of halogens is 1. The van der Waals surface area contributed by atoms with Crippen LogP contribution < -0.4 is 5.73 Å². The summed E-state index contributed by atoms with van der Waals surface area (Å²) in [6, 6.07) is 10.7. The normalized spacial score (nSPS) is 10.6. The van der Waals surface area contributed by atoms with Crippen LogP contribution in [0.5, 0.6) is 0 Å². The smallest absolute Gasteiger partial charge is 0.258 e. The first-order chi connectivity index (χ1) is 9.24. The number of anilines is 1. The van der Waals surface area contributed by atoms with Crippen LogP contribution in [0.4, 0.5) is 5.69 Å². The number of nitrogens with two attached hydrogens (primary N) is 1. The summed E-state index contributed by atoms with van der Waals surface area (Å²) in [5.41, 5.74) is 7.59. The fourth-order valence-corrected chi connectivity index (χ4v) is 1.86. The molecule has 3 aromatic rings. The summed E-state index contributed by atoms with van der Waals surface area (Å²) in [4.78, 5) is 8.40. The molecule has 0 saturated heterocycles. The Morgan fingerprint density at radius 3 is 2.84 bits per heavy atom. The number of nitrogen functional groups attached to an aromatic ring is 1. The zero-order chi connectivity index (χ0) is 13.2. The predicted molar refractivity (Wildman–Crippen MR) is 72.4 cm³/mol. The van der Waals surface area contributed by atoms with Crippen LogP contribution in [0.15, 0.2) is 47.1 Å². The number of benzene rings is 1. The summed E-state index contributed by atoms with van der Waals surface area (Å²) in [6.07, 6.45) is 1.62. The largest absolute Gasteiger partial charge is 0.399 e. The van der Waals surface area contributed by atoms with Crippen LogP contribution in [0.2, 0.25) is 5.02 Å². The molecule has 94 valence electrons. The van der Waals surface area contributed by atoms with E-state index >= 15 is 0 Å². The third-order valence-corrected chi connectivity index (χ3v) is 2.83. The predicted octanol–water partition coefficient (Wildman–Crippen LogP) is 3.03. The molecule has 5 nitrogen and oxygen atoms in total. The molecule has 0 aliphatic heterocycles. The Morgan fingerprint density at radius 1 is 1.16 bits per heavy atom. The molecule has 0 amide bonds. The molecule has 0 spiro atoms. The van der Waals surface area contributed by atoms with E-state index in [-0.39, 0.29) is 0 Å². The summed E-state index contributed by atoms with van der Waals surface area (Å²) in [5.74, 6) is 0.729. The summed E-state index contributed by atoms with van der Waals surface area (Å²) in [6.45, 7) is 0. The molecule has 0 radical (unpaired) electrons. The minimum atomic E-state index is 0.350. The molecule has 0 aliphatic rings. The summed E-state index contributed by atoms with van der Waals surface area (Å²) >= 11 is 6.04. The van der Waals surface area contributed by atoms with Gasteiger partial charge in [-0.05, 0) is 30.3 Å². The minimum absolute atomic E-state index is 0.350. The zero-order valence-corrected chi connectivity index (χ0v) is 10.5. The SMILES string of the molecule is Nc1cccc(-c2nc(-c3ncccc3Cl)no2)c1. The fraction of sp³-hybridized carbons (Fsp3) is 0. The lowest BCUT2D eigenvalue weighted by atomic mass is 10.2. The van der Waals surface area contributed by atoms with E-state index < -0.39 is 0 Å². The Balaban J connectivity index is 2.03. The molecule has 6 heteroatoms. The van der Waals surface area contributed by atoms with Gasteiger partial charge in [0.25, 0.3) is 5.89 Å². The van der Waals surface area contributed by atoms with Crippen molar-refractivity contribution in [1.82, 2.24) is 15.1 Å². The van der Waals surface area contributed by atoms with Crippen molar-refractivity contribution in [3.05, 3.63) is 47.6 Å². The molecular weight excluding hydrogens is 264 g/mol. The Hall–Kier alpha value is -2.40. The van der Waals surface area contributed by atoms with Crippen LogP contribution in [-0.4, -0.2) is 15.1 Å². The molecular formula is C13H9ClN4O. The molecule has 3 rings (SSSR count). The minimum Gasteiger partial charge on any atom is -0.399 e. The van der Waals surface area contributed by atoms with Gasteiger partial charge in [-0.25, -0.2) is 0 Å². The second-order valence-corrected chi connectivity index (χ2v) is 4.29. The third-order valence-electron chi connectivity index (χ3n) is 2.53. The first-order valence-corrected chi connectivity index (χ1v) is 5.92. The lowest BCUT2D eigenvalue weighted by molar-refractivity contribution is 0.432. The van der Waals surface area contributed by atoms with E-state index in [0.29, 0.717) is 28.1 Å². The van der Waals surface area contributed by atoms with Gasteiger partial charge in [0.05, 0.1) is 5.02 Å². The topological polar surface area (TPSA) is 77.8 Å². The Kier molecular flexibility index (Phi) is 2.89. The van der Waals surface area contributed by atoms with Gasteiger partial charge in [-0.2, -0.15) is 4.98 Å². The molecule has 2 N–H and O–H groups in total. The summed E-state index contributed by atoms with van der Waals surface area (Å²) < 4.78 is 5.20. The van der Waals surface area contributed by atoms with Crippen molar-refractivity contribution >= 4 is 17.3 Å². The average Bonchev–Trinajstić information content (AvgIpc) is 2.89. The molecule has 0 fully saturated rings. The molecule has 0 aliphatic carbocycles. The van der Waals surface area contributed by atoms with Crippen LogP contribution in [0.1, 0.15) is 0 Å². The van der Waals surface area contributed by atoms with Crippen molar-refractivity contribution < 1.29 is 4.52 Å². The van der Waals surface area contributed by atoms with Crippen molar-refractivity contribution in [3.8, 4) is 23.0 Å². The van der Waals surface area contributed by atoms with Crippen molar-refractivity contribution in [1.29, 1.82) is 0 Å². The highest BCUT2D eigenvalue weighted by atomic mass is 35.5. The zero-order valence-electron chi connectivity index (χ0n) is 9.75. The first kappa shape index (κ1) is 11.7. The summed E-state index contributed by atoms with van der Waals surface area (Å²) in [5, 5.41) is 4.35. The van der Waals surface area contributed by atoms with Crippen molar-refractivity contribution in [2.45, 2.75) is 0 Å². The van der Waals surface area contributed by atoms with Crippen LogP contribution in [-0.2, 0) is 0 Å². The number of hydrogen-bond donors (Lipinski definition) is 1. The maximum absolute atomic E-state index is 6.04. The molecule has 2 heterocycles. The molecule has 19 heavy (non-hydrogen) atoms. The highest BCUT2D eigenvalue weighted by molar-refractivity contribution is 6.32. The van der Waals surface area contributed by atoms with Gasteiger partial charge in [-0.1, -0.05) is 22.8 Å². The van der Waals surface area contributed by atoms with Crippen molar-refractivity contribution in [2.24, 2.45) is 0 Å². The average molecular weight is 273 g/mol. The molecule has 0 bridgehead atoms. The van der Waals surface area contributed by atoms with Gasteiger partial charge in [0, 0.05) is 17.4 Å². The molecule has 2 aromatic heterocycles. The molecule has 0 atom stereocenters. The maximum Gasteiger partial charge on any atom is 0.258 e. The highest BCUT2D eigenvalue weighted by Crippen LogP contribution is 2.26. The van der Waals surface area contributed by atoms with Gasteiger partial charge in [0.15, 0.2) is 0 Å². The second kappa shape index (κ2) is 4.70. The van der Waals surface area contributed by atoms with Gasteiger partial charge in [-0.15, -0.1) is 0 Å². The monoisotopic (exact) mass is 272 g/mol. The first-order valence-electron chi connectivity index (χ1n) is 5.54. The van der Waals surface area contributed by atoms with Crippen LogP contribution in [0.25, 0.3) is 23.0 Å². The number of rotatable bonds is 2. The van der Waals surface area contributed by atoms with E-state index in [9.17, 15) is 0 Å². The van der Waals surface area contributed by atoms with Crippen molar-refractivity contribution in [2.75, 3.05) is 5.73 Å². The Bertz CT molecular complexity index is 726. The molecule has 1 aromatic carbocycles. The van der Waals surface area contributed by atoms with Gasteiger partial charge in [-0.3, -0.25) is 4.98 Å². The fourth-order valence-electron chi connectivity index (χ4n) is 1.66. The van der Waals surface area contributed by atoms with Crippen LogP contribution >= 0.6 is 11.6 Å². The number of aromatic nitrogens is 3. The van der Waals surface area contributed by atoms with E-state index in [4.69, 9.17) is 21.9 Å². The number of pyridine rings is 1. The van der Waals surface area contributed by atoms with Gasteiger partial charge in [0.2, 0.25) is 5.82 Å². The second-order valence-electron chi connectivity index (χ2n) is 3.88. The van der Waals surface area contributed by atoms with E-state index in [0.717, 1.165) is 5.56 Å².